The Morgan fingerprint density at radius 1 is 1.12 bits per heavy atom. The van der Waals surface area contributed by atoms with Crippen LogP contribution in [0.3, 0.4) is 0 Å². The molecular weight excluding hydrogens is 206 g/mol. The first-order valence-corrected chi connectivity index (χ1v) is 6.97. The van der Waals surface area contributed by atoms with Crippen molar-refractivity contribution in [1.82, 2.24) is 4.90 Å². The van der Waals surface area contributed by atoms with Crippen LogP contribution in [0.15, 0.2) is 30.3 Å². The predicted octanol–water partition coefficient (Wildman–Crippen LogP) is 4.12. The highest BCUT2D eigenvalue weighted by Gasteiger charge is 2.25. The average molecular weight is 231 g/mol. The minimum absolute atomic E-state index is 0.567. The quantitative estimate of drug-likeness (QED) is 0.756. The van der Waals surface area contributed by atoms with Gasteiger partial charge in [-0.2, -0.15) is 0 Å². The molecule has 1 nitrogen and oxygen atoms in total. The van der Waals surface area contributed by atoms with Crippen molar-refractivity contribution >= 4 is 0 Å². The van der Waals surface area contributed by atoms with E-state index >= 15 is 0 Å². The molecule has 1 heterocycles. The van der Waals surface area contributed by atoms with Crippen molar-refractivity contribution in [3.8, 4) is 0 Å². The third kappa shape index (κ3) is 3.10. The third-order valence-electron chi connectivity index (χ3n) is 4.26. The first-order valence-electron chi connectivity index (χ1n) is 6.97. The molecule has 1 fully saturated rings. The summed E-state index contributed by atoms with van der Waals surface area (Å²) in [4.78, 5) is 2.66. The zero-order valence-corrected chi connectivity index (χ0v) is 11.4. The summed E-state index contributed by atoms with van der Waals surface area (Å²) in [5, 5.41) is 0. The van der Waals surface area contributed by atoms with Crippen molar-refractivity contribution in [2.24, 2.45) is 11.8 Å². The van der Waals surface area contributed by atoms with E-state index < -0.39 is 0 Å². The lowest BCUT2D eigenvalue weighted by molar-refractivity contribution is 0.109. The van der Waals surface area contributed by atoms with E-state index in [9.17, 15) is 0 Å². The van der Waals surface area contributed by atoms with Crippen LogP contribution in [0, 0.1) is 11.8 Å². The Morgan fingerprint density at radius 2 is 1.82 bits per heavy atom. The van der Waals surface area contributed by atoms with Crippen LogP contribution in [0.1, 0.15) is 45.2 Å². The van der Waals surface area contributed by atoms with Gasteiger partial charge in [0, 0.05) is 12.6 Å². The van der Waals surface area contributed by atoms with Crippen molar-refractivity contribution in [2.75, 3.05) is 13.1 Å². The maximum atomic E-state index is 2.66. The number of likely N-dealkylation sites (tertiary alicyclic amines) is 1. The summed E-state index contributed by atoms with van der Waals surface area (Å²) in [5.41, 5.74) is 1.46. The lowest BCUT2D eigenvalue weighted by Gasteiger charge is -2.38. The van der Waals surface area contributed by atoms with E-state index in [2.05, 4.69) is 56.0 Å². The minimum Gasteiger partial charge on any atom is -0.296 e. The lowest BCUT2D eigenvalue weighted by atomic mass is 9.87. The molecule has 1 aliphatic heterocycles. The zero-order valence-electron chi connectivity index (χ0n) is 11.4. The van der Waals surface area contributed by atoms with Gasteiger partial charge in [-0.3, -0.25) is 4.90 Å². The Hall–Kier alpha value is -0.820. The van der Waals surface area contributed by atoms with Crippen LogP contribution >= 0.6 is 0 Å². The molecule has 0 unspecified atom stereocenters. The van der Waals surface area contributed by atoms with Crippen LogP contribution in [0.5, 0.6) is 0 Å². The Balaban J connectivity index is 2.02. The number of nitrogens with zero attached hydrogens (tertiary/aromatic N) is 1. The summed E-state index contributed by atoms with van der Waals surface area (Å²) in [6.07, 6.45) is 2.77. The molecule has 0 aromatic heterocycles. The Labute approximate surface area is 106 Å². The smallest absolute Gasteiger partial charge is 0.0319 e. The van der Waals surface area contributed by atoms with Gasteiger partial charge < -0.3 is 0 Å². The highest BCUT2D eigenvalue weighted by molar-refractivity contribution is 5.18. The fourth-order valence-electron chi connectivity index (χ4n) is 2.88. The van der Waals surface area contributed by atoms with E-state index in [1.54, 1.807) is 0 Å². The topological polar surface area (TPSA) is 3.24 Å². The maximum absolute atomic E-state index is 2.66. The summed E-state index contributed by atoms with van der Waals surface area (Å²) in [6, 6.07) is 11.5. The molecule has 0 spiro atoms. The van der Waals surface area contributed by atoms with E-state index in [-0.39, 0.29) is 0 Å². The molecule has 0 bridgehead atoms. The van der Waals surface area contributed by atoms with Crippen molar-refractivity contribution in [2.45, 2.75) is 39.7 Å². The van der Waals surface area contributed by atoms with Crippen molar-refractivity contribution in [1.29, 1.82) is 0 Å². The molecule has 0 saturated carbocycles. The van der Waals surface area contributed by atoms with Gasteiger partial charge in [0.05, 0.1) is 0 Å². The highest BCUT2D eigenvalue weighted by atomic mass is 15.2. The number of hydrogen-bond acceptors (Lipinski definition) is 1. The third-order valence-corrected chi connectivity index (χ3v) is 4.26. The molecule has 0 radical (unpaired) electrons. The number of hydrogen-bond donors (Lipinski definition) is 0. The number of benzene rings is 1. The van der Waals surface area contributed by atoms with Gasteiger partial charge in [0.15, 0.2) is 0 Å². The fraction of sp³-hybridized carbons (Fsp3) is 0.625. The van der Waals surface area contributed by atoms with Crippen LogP contribution < -0.4 is 0 Å². The summed E-state index contributed by atoms with van der Waals surface area (Å²) in [7, 11) is 0. The molecule has 1 aliphatic rings. The largest absolute Gasteiger partial charge is 0.296 e. The van der Waals surface area contributed by atoms with Crippen molar-refractivity contribution in [3.05, 3.63) is 35.9 Å². The molecule has 0 N–H and O–H groups in total. The van der Waals surface area contributed by atoms with Gasteiger partial charge in [0.1, 0.15) is 0 Å². The summed E-state index contributed by atoms with van der Waals surface area (Å²) >= 11 is 0. The van der Waals surface area contributed by atoms with Gasteiger partial charge in [-0.25, -0.2) is 0 Å². The molecule has 0 aliphatic carbocycles. The van der Waals surface area contributed by atoms with Crippen LogP contribution in [0.25, 0.3) is 0 Å². The van der Waals surface area contributed by atoms with Gasteiger partial charge in [-0.15, -0.1) is 0 Å². The molecular formula is C16H25N. The second-order valence-electron chi connectivity index (χ2n) is 5.73. The summed E-state index contributed by atoms with van der Waals surface area (Å²) in [5.74, 6) is 1.70. The molecule has 1 aromatic rings. The summed E-state index contributed by atoms with van der Waals surface area (Å²) < 4.78 is 0. The number of piperidine rings is 1. The van der Waals surface area contributed by atoms with E-state index in [1.807, 2.05) is 0 Å². The van der Waals surface area contributed by atoms with Gasteiger partial charge >= 0.3 is 0 Å². The van der Waals surface area contributed by atoms with Crippen molar-refractivity contribution < 1.29 is 0 Å². The van der Waals surface area contributed by atoms with Gasteiger partial charge in [-0.05, 0) is 43.7 Å². The van der Waals surface area contributed by atoms with Crippen LogP contribution in [0.4, 0.5) is 0 Å². The molecule has 2 atom stereocenters. The monoisotopic (exact) mass is 231 g/mol. The first kappa shape index (κ1) is 12.6. The SMILES string of the molecule is CC(C)[C@@H]1CCCN([C@@H](C)c2ccccc2)C1. The fourth-order valence-corrected chi connectivity index (χ4v) is 2.88. The highest BCUT2D eigenvalue weighted by Crippen LogP contribution is 2.29. The molecule has 2 rings (SSSR count). The second-order valence-corrected chi connectivity index (χ2v) is 5.73. The Morgan fingerprint density at radius 3 is 2.47 bits per heavy atom. The van der Waals surface area contributed by atoms with E-state index in [0.29, 0.717) is 6.04 Å². The second kappa shape index (κ2) is 5.68. The summed E-state index contributed by atoms with van der Waals surface area (Å²) in [6.45, 7) is 9.60. The molecule has 1 saturated heterocycles. The van der Waals surface area contributed by atoms with E-state index in [4.69, 9.17) is 0 Å². The Kier molecular flexibility index (Phi) is 4.22. The van der Waals surface area contributed by atoms with Crippen molar-refractivity contribution in [3.63, 3.8) is 0 Å². The van der Waals surface area contributed by atoms with E-state index in [1.165, 1.54) is 31.5 Å². The minimum atomic E-state index is 0.567. The Bertz CT molecular complexity index is 331. The predicted molar refractivity (Wildman–Crippen MR) is 74.0 cm³/mol. The van der Waals surface area contributed by atoms with Gasteiger partial charge in [-0.1, -0.05) is 44.2 Å². The molecule has 94 valence electrons. The van der Waals surface area contributed by atoms with E-state index in [0.717, 1.165) is 11.8 Å². The first-order chi connectivity index (χ1) is 8.18. The van der Waals surface area contributed by atoms with Crippen LogP contribution in [-0.2, 0) is 0 Å². The molecule has 17 heavy (non-hydrogen) atoms. The zero-order chi connectivity index (χ0) is 12.3. The molecule has 1 aromatic carbocycles. The lowest BCUT2D eigenvalue weighted by Crippen LogP contribution is -2.38. The molecule has 0 amide bonds. The standard InChI is InChI=1S/C16H25N/c1-13(2)16-10-7-11-17(12-16)14(3)15-8-5-4-6-9-15/h4-6,8-9,13-14,16H,7,10-12H2,1-3H3/t14-,16+/m0/s1. The van der Waals surface area contributed by atoms with Gasteiger partial charge in [0.25, 0.3) is 0 Å². The average Bonchev–Trinajstić information content (AvgIpc) is 2.39. The van der Waals surface area contributed by atoms with Crippen LogP contribution in [0.2, 0.25) is 0 Å². The van der Waals surface area contributed by atoms with Gasteiger partial charge in [0.2, 0.25) is 0 Å². The molecule has 1 heteroatoms. The number of rotatable bonds is 3. The normalized spacial score (nSPS) is 23.9. The van der Waals surface area contributed by atoms with Crippen LogP contribution in [-0.4, -0.2) is 18.0 Å². The maximum Gasteiger partial charge on any atom is 0.0319 e.